The number of rotatable bonds is 3. The molecule has 130 valence electrons. The lowest BCUT2D eigenvalue weighted by Gasteiger charge is -2.13. The summed E-state index contributed by atoms with van der Waals surface area (Å²) < 4.78 is 1.05. The number of aromatic carboxylic acids is 1. The number of fused-ring (bicyclic) bond motifs is 1. The number of nitrogens with zero attached hydrogens (tertiary/aromatic N) is 1. The van der Waals surface area contributed by atoms with Crippen LogP contribution in [0.1, 0.15) is 27.6 Å². The van der Waals surface area contributed by atoms with Gasteiger partial charge >= 0.3 is 12.0 Å². The first-order valence-corrected chi connectivity index (χ1v) is 7.69. The first-order valence-electron chi connectivity index (χ1n) is 7.69. The van der Waals surface area contributed by atoms with E-state index in [9.17, 15) is 24.3 Å². The van der Waals surface area contributed by atoms with Crippen molar-refractivity contribution in [2.24, 2.45) is 0 Å². The number of Topliss-reactive ketones (excluding diaryl/α,β-unsaturated/α-hetero) is 1. The number of carbonyl (C=O) groups excluding carboxylic acids is 2. The molecular weight excluding hydrogens is 336 g/mol. The summed E-state index contributed by atoms with van der Waals surface area (Å²) in [6.45, 7) is 1.38. The third-order valence-corrected chi connectivity index (χ3v) is 3.91. The molecule has 1 aromatic heterocycles. The lowest BCUT2D eigenvalue weighted by Crippen LogP contribution is -2.26. The number of carboxylic acids is 1. The van der Waals surface area contributed by atoms with Crippen molar-refractivity contribution in [3.8, 4) is 0 Å². The van der Waals surface area contributed by atoms with Gasteiger partial charge in [-0.1, -0.05) is 24.3 Å². The van der Waals surface area contributed by atoms with Gasteiger partial charge in [-0.25, -0.2) is 9.59 Å². The van der Waals surface area contributed by atoms with Gasteiger partial charge in [0.2, 0.25) is 5.43 Å². The number of aromatic nitrogens is 1. The number of carboxylic acid groups (broad SMARTS) is 1. The maximum atomic E-state index is 12.7. The van der Waals surface area contributed by atoms with Crippen molar-refractivity contribution in [1.29, 1.82) is 0 Å². The number of hydrogen-bond donors (Lipinski definition) is 2. The maximum absolute atomic E-state index is 12.7. The highest BCUT2D eigenvalue weighted by molar-refractivity contribution is 6.06. The van der Waals surface area contributed by atoms with Crippen LogP contribution in [0.3, 0.4) is 0 Å². The van der Waals surface area contributed by atoms with Crippen molar-refractivity contribution in [2.75, 3.05) is 5.32 Å². The third-order valence-electron chi connectivity index (χ3n) is 3.91. The molecule has 0 saturated carbocycles. The number of benzene rings is 2. The number of nitrogens with one attached hydrogen (secondary N) is 1. The topological polar surface area (TPSA) is 105 Å². The number of amides is 1. The average molecular weight is 350 g/mol. The zero-order valence-corrected chi connectivity index (χ0v) is 13.7. The van der Waals surface area contributed by atoms with Crippen LogP contribution in [0.5, 0.6) is 0 Å². The molecule has 0 aliphatic heterocycles. The van der Waals surface area contributed by atoms with E-state index in [2.05, 4.69) is 5.32 Å². The Morgan fingerprint density at radius 2 is 1.62 bits per heavy atom. The minimum absolute atomic E-state index is 0.113. The van der Waals surface area contributed by atoms with E-state index in [4.69, 9.17) is 0 Å². The quantitative estimate of drug-likeness (QED) is 0.707. The molecule has 7 nitrogen and oxygen atoms in total. The van der Waals surface area contributed by atoms with Crippen LogP contribution in [0.15, 0.2) is 59.5 Å². The zero-order chi connectivity index (χ0) is 18.8. The maximum Gasteiger partial charge on any atom is 0.341 e. The van der Waals surface area contributed by atoms with Crippen LogP contribution in [-0.2, 0) is 0 Å². The number of hydrogen-bond acceptors (Lipinski definition) is 4. The molecule has 2 aromatic carbocycles. The van der Waals surface area contributed by atoms with Crippen LogP contribution in [0, 0.1) is 0 Å². The van der Waals surface area contributed by atoms with Crippen LogP contribution >= 0.6 is 0 Å². The fourth-order valence-corrected chi connectivity index (χ4v) is 2.67. The minimum Gasteiger partial charge on any atom is -0.477 e. The van der Waals surface area contributed by atoms with E-state index in [0.29, 0.717) is 11.3 Å². The van der Waals surface area contributed by atoms with Crippen molar-refractivity contribution in [3.63, 3.8) is 0 Å². The van der Waals surface area contributed by atoms with Gasteiger partial charge in [-0.3, -0.25) is 14.2 Å². The summed E-state index contributed by atoms with van der Waals surface area (Å²) in [5.74, 6) is -1.65. The molecule has 2 N–H and O–H groups in total. The van der Waals surface area contributed by atoms with E-state index in [1.54, 1.807) is 42.5 Å². The molecule has 7 heteroatoms. The highest BCUT2D eigenvalue weighted by atomic mass is 16.4. The van der Waals surface area contributed by atoms with Crippen LogP contribution in [0.25, 0.3) is 10.9 Å². The van der Waals surface area contributed by atoms with E-state index in [0.717, 1.165) is 10.8 Å². The van der Waals surface area contributed by atoms with Gasteiger partial charge in [0.05, 0.1) is 11.2 Å². The van der Waals surface area contributed by atoms with Crippen molar-refractivity contribution in [1.82, 2.24) is 4.57 Å². The van der Waals surface area contributed by atoms with Crippen LogP contribution in [-0.4, -0.2) is 27.5 Å². The molecule has 1 amide bonds. The summed E-state index contributed by atoms with van der Waals surface area (Å²) in [7, 11) is 0. The van der Waals surface area contributed by atoms with Crippen molar-refractivity contribution < 1.29 is 19.5 Å². The zero-order valence-electron chi connectivity index (χ0n) is 13.7. The highest BCUT2D eigenvalue weighted by Crippen LogP contribution is 2.18. The Morgan fingerprint density at radius 1 is 0.962 bits per heavy atom. The smallest absolute Gasteiger partial charge is 0.341 e. The first kappa shape index (κ1) is 17.1. The van der Waals surface area contributed by atoms with Crippen LogP contribution in [0.2, 0.25) is 0 Å². The lowest BCUT2D eigenvalue weighted by atomic mass is 10.1. The molecule has 0 aliphatic rings. The summed E-state index contributed by atoms with van der Waals surface area (Å²) in [6, 6.07) is 12.0. The van der Waals surface area contributed by atoms with E-state index in [-0.39, 0.29) is 16.7 Å². The molecular formula is C19H14N2O5. The molecule has 0 atom stereocenters. The van der Waals surface area contributed by atoms with Gasteiger partial charge in [-0.15, -0.1) is 0 Å². The molecule has 1 heterocycles. The number of anilines is 1. The van der Waals surface area contributed by atoms with Gasteiger partial charge in [-0.05, 0) is 31.2 Å². The third kappa shape index (κ3) is 2.98. The molecule has 0 saturated heterocycles. The van der Waals surface area contributed by atoms with Gasteiger partial charge in [0, 0.05) is 17.1 Å². The normalized spacial score (nSPS) is 10.5. The monoisotopic (exact) mass is 350 g/mol. The summed E-state index contributed by atoms with van der Waals surface area (Å²) in [5.41, 5.74) is -0.297. The number of para-hydroxylation sites is 2. The first-order chi connectivity index (χ1) is 12.4. The Kier molecular flexibility index (Phi) is 4.36. The van der Waals surface area contributed by atoms with Gasteiger partial charge in [0.1, 0.15) is 5.56 Å². The summed E-state index contributed by atoms with van der Waals surface area (Å²) in [6.07, 6.45) is 0.985. The molecule has 0 aliphatic carbocycles. The number of carbonyl (C=O) groups is 3. The van der Waals surface area contributed by atoms with Gasteiger partial charge in [0.15, 0.2) is 5.78 Å². The van der Waals surface area contributed by atoms with E-state index in [1.807, 2.05) is 0 Å². The fourth-order valence-electron chi connectivity index (χ4n) is 2.67. The Hall–Kier alpha value is -3.74. The second-order valence-electron chi connectivity index (χ2n) is 5.60. The van der Waals surface area contributed by atoms with Gasteiger partial charge < -0.3 is 10.4 Å². The lowest BCUT2D eigenvalue weighted by molar-refractivity contribution is 0.0695. The predicted molar refractivity (Wildman–Crippen MR) is 96.0 cm³/mol. The molecule has 26 heavy (non-hydrogen) atoms. The largest absolute Gasteiger partial charge is 0.477 e. The van der Waals surface area contributed by atoms with Crippen molar-refractivity contribution in [3.05, 3.63) is 76.1 Å². The molecule has 0 fully saturated rings. The van der Waals surface area contributed by atoms with E-state index in [1.165, 1.54) is 13.0 Å². The second-order valence-corrected chi connectivity index (χ2v) is 5.60. The van der Waals surface area contributed by atoms with Gasteiger partial charge in [-0.2, -0.15) is 0 Å². The average Bonchev–Trinajstić information content (AvgIpc) is 2.62. The minimum atomic E-state index is -1.42. The Bertz CT molecular complexity index is 1110. The van der Waals surface area contributed by atoms with Crippen molar-refractivity contribution in [2.45, 2.75) is 6.92 Å². The Morgan fingerprint density at radius 3 is 2.31 bits per heavy atom. The van der Waals surface area contributed by atoms with Crippen LogP contribution in [0.4, 0.5) is 10.5 Å². The molecule has 0 spiro atoms. The van der Waals surface area contributed by atoms with Crippen LogP contribution < -0.4 is 10.7 Å². The standard InChI is InChI=1S/C19H14N2O5/c1-11(22)12-6-2-4-8-15(12)20-19(26)21-10-14(18(24)25)17(23)13-7-3-5-9-16(13)21/h2-10H,1H3,(H,20,26)(H,24,25). The SMILES string of the molecule is CC(=O)c1ccccc1NC(=O)n1cc(C(=O)O)c(=O)c2ccccc21. The Balaban J connectivity index is 2.15. The van der Waals surface area contributed by atoms with Gasteiger partial charge in [0.25, 0.3) is 0 Å². The fraction of sp³-hybridized carbons (Fsp3) is 0.0526. The van der Waals surface area contributed by atoms with E-state index >= 15 is 0 Å². The highest BCUT2D eigenvalue weighted by Gasteiger charge is 2.18. The molecule has 3 rings (SSSR count). The van der Waals surface area contributed by atoms with Crippen molar-refractivity contribution >= 4 is 34.4 Å². The van der Waals surface area contributed by atoms with E-state index < -0.39 is 23.0 Å². The Labute approximate surface area is 147 Å². The molecule has 0 unspecified atom stereocenters. The number of ketones is 1. The summed E-state index contributed by atoms with van der Waals surface area (Å²) in [5, 5.41) is 12.0. The molecule has 3 aromatic rings. The molecule has 0 bridgehead atoms. The number of pyridine rings is 1. The second kappa shape index (κ2) is 6.64. The summed E-state index contributed by atoms with van der Waals surface area (Å²) in [4.78, 5) is 48.1. The predicted octanol–water partition coefficient (Wildman–Crippen LogP) is 2.98. The molecule has 0 radical (unpaired) electrons. The summed E-state index contributed by atoms with van der Waals surface area (Å²) >= 11 is 0.